The summed E-state index contributed by atoms with van der Waals surface area (Å²) in [5, 5.41) is 9.59. The molecule has 0 radical (unpaired) electrons. The molecule has 3 nitrogen and oxygen atoms in total. The van der Waals surface area contributed by atoms with E-state index in [2.05, 4.69) is 31.0 Å². The van der Waals surface area contributed by atoms with Crippen LogP contribution in [0.15, 0.2) is 18.2 Å². The zero-order valence-corrected chi connectivity index (χ0v) is 15.6. The van der Waals surface area contributed by atoms with Gasteiger partial charge in [0.15, 0.2) is 3.95 Å². The predicted molar refractivity (Wildman–Crippen MR) is 101 cm³/mol. The Bertz CT molecular complexity index is 648. The minimum absolute atomic E-state index is 0.0489. The predicted octanol–water partition coefficient (Wildman–Crippen LogP) is 5.10. The van der Waals surface area contributed by atoms with E-state index in [-0.39, 0.29) is 12.7 Å². The Morgan fingerprint density at radius 3 is 2.83 bits per heavy atom. The largest absolute Gasteiger partial charge is 0.394 e. The van der Waals surface area contributed by atoms with Gasteiger partial charge < -0.3 is 14.8 Å². The van der Waals surface area contributed by atoms with E-state index in [1.54, 1.807) is 11.3 Å². The van der Waals surface area contributed by atoms with Crippen LogP contribution in [0.25, 0.3) is 10.2 Å². The third-order valence-electron chi connectivity index (χ3n) is 3.97. The van der Waals surface area contributed by atoms with Gasteiger partial charge in [-0.2, -0.15) is 0 Å². The van der Waals surface area contributed by atoms with Gasteiger partial charge in [-0.3, -0.25) is 0 Å². The number of benzene rings is 1. The van der Waals surface area contributed by atoms with E-state index in [4.69, 9.17) is 17.0 Å². The maximum absolute atomic E-state index is 9.59. The molecule has 1 aromatic carbocycles. The van der Waals surface area contributed by atoms with Crippen LogP contribution in [0.5, 0.6) is 0 Å². The standard InChI is InChI=1S/C18H27NO2S2/c1-13(2)7-4-3-5-10-21-15(12-20)11-14-8-6-9-16-17(14)19-18(22)23-16/h6,8-9,13,15,20H,3-5,7,10-12H2,1-2H3,(H,19,22). The second-order valence-electron chi connectivity index (χ2n) is 6.43. The summed E-state index contributed by atoms with van der Waals surface area (Å²) in [6.45, 7) is 5.29. The molecule has 2 rings (SSSR count). The number of aromatic amines is 1. The molecule has 5 heteroatoms. The first-order chi connectivity index (χ1) is 11.1. The SMILES string of the molecule is CC(C)CCCCCOC(CO)Cc1cccc2sc(=S)[nH]c12. The third kappa shape index (κ3) is 5.99. The van der Waals surface area contributed by atoms with Crippen molar-refractivity contribution in [3.05, 3.63) is 27.7 Å². The molecular weight excluding hydrogens is 326 g/mol. The van der Waals surface area contributed by atoms with Crippen LogP contribution in [0.3, 0.4) is 0 Å². The molecule has 1 unspecified atom stereocenters. The Balaban J connectivity index is 1.83. The minimum atomic E-state index is -0.146. The fourth-order valence-electron chi connectivity index (χ4n) is 2.70. The van der Waals surface area contributed by atoms with Crippen molar-refractivity contribution in [2.24, 2.45) is 5.92 Å². The van der Waals surface area contributed by atoms with Gasteiger partial charge in [-0.15, -0.1) is 11.3 Å². The number of para-hydroxylation sites is 1. The topological polar surface area (TPSA) is 45.2 Å². The molecule has 23 heavy (non-hydrogen) atoms. The fraction of sp³-hybridized carbons (Fsp3) is 0.611. The van der Waals surface area contributed by atoms with E-state index in [0.717, 1.165) is 38.7 Å². The number of nitrogens with one attached hydrogen (secondary N) is 1. The van der Waals surface area contributed by atoms with Gasteiger partial charge in [0.05, 0.1) is 22.9 Å². The summed E-state index contributed by atoms with van der Waals surface area (Å²) in [5.74, 6) is 0.776. The zero-order valence-electron chi connectivity index (χ0n) is 14.0. The van der Waals surface area contributed by atoms with Crippen molar-refractivity contribution in [3.63, 3.8) is 0 Å². The van der Waals surface area contributed by atoms with Crippen LogP contribution in [0.1, 0.15) is 45.1 Å². The number of ether oxygens (including phenoxy) is 1. The van der Waals surface area contributed by atoms with E-state index >= 15 is 0 Å². The van der Waals surface area contributed by atoms with Crippen molar-refractivity contribution in [3.8, 4) is 0 Å². The van der Waals surface area contributed by atoms with Gasteiger partial charge in [0.25, 0.3) is 0 Å². The van der Waals surface area contributed by atoms with Crippen molar-refractivity contribution in [2.75, 3.05) is 13.2 Å². The highest BCUT2D eigenvalue weighted by Crippen LogP contribution is 2.24. The van der Waals surface area contributed by atoms with Crippen molar-refractivity contribution in [2.45, 2.75) is 52.1 Å². The lowest BCUT2D eigenvalue weighted by atomic mass is 10.1. The van der Waals surface area contributed by atoms with Gasteiger partial charge in [0, 0.05) is 13.0 Å². The van der Waals surface area contributed by atoms with Crippen molar-refractivity contribution < 1.29 is 9.84 Å². The molecule has 0 aliphatic heterocycles. The molecule has 0 saturated carbocycles. The number of hydrogen-bond acceptors (Lipinski definition) is 4. The third-order valence-corrected chi connectivity index (χ3v) is 5.17. The van der Waals surface area contributed by atoms with Crippen LogP contribution < -0.4 is 0 Å². The lowest BCUT2D eigenvalue weighted by Gasteiger charge is -2.16. The maximum atomic E-state index is 9.59. The maximum Gasteiger partial charge on any atom is 0.159 e. The molecule has 0 fully saturated rings. The summed E-state index contributed by atoms with van der Waals surface area (Å²) in [7, 11) is 0. The van der Waals surface area contributed by atoms with Crippen molar-refractivity contribution >= 4 is 33.8 Å². The number of fused-ring (bicyclic) bond motifs is 1. The number of H-pyrrole nitrogens is 1. The normalized spacial score (nSPS) is 13.0. The summed E-state index contributed by atoms with van der Waals surface area (Å²) in [4.78, 5) is 3.25. The highest BCUT2D eigenvalue weighted by molar-refractivity contribution is 7.73. The highest BCUT2D eigenvalue weighted by Gasteiger charge is 2.12. The monoisotopic (exact) mass is 353 g/mol. The van der Waals surface area contributed by atoms with Gasteiger partial charge in [0.2, 0.25) is 0 Å². The van der Waals surface area contributed by atoms with Crippen molar-refractivity contribution in [1.29, 1.82) is 0 Å². The zero-order chi connectivity index (χ0) is 16.7. The van der Waals surface area contributed by atoms with Gasteiger partial charge in [-0.05, 0) is 36.2 Å². The van der Waals surface area contributed by atoms with Gasteiger partial charge in [0.1, 0.15) is 0 Å². The average Bonchev–Trinajstić information content (AvgIpc) is 2.90. The Morgan fingerprint density at radius 2 is 2.09 bits per heavy atom. The van der Waals surface area contributed by atoms with Crippen molar-refractivity contribution in [1.82, 2.24) is 4.98 Å². The van der Waals surface area contributed by atoms with Gasteiger partial charge >= 0.3 is 0 Å². The molecule has 0 aliphatic rings. The molecule has 0 amide bonds. The fourth-order valence-corrected chi connectivity index (χ4v) is 3.86. The number of unbranched alkanes of at least 4 members (excludes halogenated alkanes) is 2. The molecule has 1 atom stereocenters. The Morgan fingerprint density at radius 1 is 1.26 bits per heavy atom. The van der Waals surface area contributed by atoms with E-state index in [1.807, 2.05) is 6.07 Å². The van der Waals surface area contributed by atoms with Crippen LogP contribution in [0.2, 0.25) is 0 Å². The first-order valence-electron chi connectivity index (χ1n) is 8.43. The van der Waals surface area contributed by atoms with Crippen LogP contribution in [0, 0.1) is 9.87 Å². The van der Waals surface area contributed by atoms with Crippen LogP contribution >= 0.6 is 23.6 Å². The number of hydrogen-bond donors (Lipinski definition) is 2. The minimum Gasteiger partial charge on any atom is -0.394 e. The number of aliphatic hydroxyl groups is 1. The molecule has 0 bridgehead atoms. The second-order valence-corrected chi connectivity index (χ2v) is 8.15. The molecule has 2 aromatic rings. The van der Waals surface area contributed by atoms with Gasteiger partial charge in [-0.25, -0.2) is 0 Å². The van der Waals surface area contributed by atoms with Gasteiger partial charge in [-0.1, -0.05) is 45.2 Å². The summed E-state index contributed by atoms with van der Waals surface area (Å²) in [6.07, 6.45) is 5.37. The van der Waals surface area contributed by atoms with E-state index in [1.165, 1.54) is 19.3 Å². The Hall–Kier alpha value is -0.750. The molecular formula is C18H27NO2S2. The van der Waals surface area contributed by atoms with Crippen LogP contribution in [0.4, 0.5) is 0 Å². The number of thiazole rings is 1. The molecule has 0 spiro atoms. The van der Waals surface area contributed by atoms with Crippen LogP contribution in [-0.4, -0.2) is 29.4 Å². The lowest BCUT2D eigenvalue weighted by molar-refractivity contribution is 0.0118. The van der Waals surface area contributed by atoms with E-state index in [9.17, 15) is 5.11 Å². The average molecular weight is 354 g/mol. The Labute approximate surface area is 147 Å². The summed E-state index contributed by atoms with van der Waals surface area (Å²) >= 11 is 6.81. The molecule has 1 heterocycles. The number of aliphatic hydroxyl groups excluding tert-OH is 1. The first-order valence-corrected chi connectivity index (χ1v) is 9.65. The molecule has 0 saturated heterocycles. The molecule has 0 aliphatic carbocycles. The van der Waals surface area contributed by atoms with Crippen LogP contribution in [-0.2, 0) is 11.2 Å². The quantitative estimate of drug-likeness (QED) is 0.462. The Kier molecular flexibility index (Phi) is 7.70. The lowest BCUT2D eigenvalue weighted by Crippen LogP contribution is -2.21. The number of aromatic nitrogens is 1. The molecule has 128 valence electrons. The molecule has 1 aromatic heterocycles. The summed E-state index contributed by atoms with van der Waals surface area (Å²) < 4.78 is 7.83. The molecule has 2 N–H and O–H groups in total. The van der Waals surface area contributed by atoms with E-state index in [0.29, 0.717) is 6.42 Å². The summed E-state index contributed by atoms with van der Waals surface area (Å²) in [6, 6.07) is 6.19. The number of rotatable bonds is 10. The smallest absolute Gasteiger partial charge is 0.159 e. The second kappa shape index (κ2) is 9.52. The first kappa shape index (κ1) is 18.6. The highest BCUT2D eigenvalue weighted by atomic mass is 32.1. The van der Waals surface area contributed by atoms with E-state index < -0.39 is 0 Å². The summed E-state index contributed by atoms with van der Waals surface area (Å²) in [5.41, 5.74) is 2.25.